The average molecular weight is 259 g/mol. The lowest BCUT2D eigenvalue weighted by atomic mass is 10.1. The van der Waals surface area contributed by atoms with E-state index in [0.29, 0.717) is 18.3 Å². The van der Waals surface area contributed by atoms with Crippen molar-refractivity contribution in [1.82, 2.24) is 15.0 Å². The van der Waals surface area contributed by atoms with E-state index < -0.39 is 0 Å². The molecule has 1 aliphatic heterocycles. The van der Waals surface area contributed by atoms with Crippen LogP contribution in [0.1, 0.15) is 23.4 Å². The average Bonchev–Trinajstić information content (AvgIpc) is 2.85. The van der Waals surface area contributed by atoms with E-state index >= 15 is 0 Å². The summed E-state index contributed by atoms with van der Waals surface area (Å²) in [6, 6.07) is 10.3. The lowest BCUT2D eigenvalue weighted by molar-refractivity contribution is -0.0355. The van der Waals surface area contributed by atoms with Crippen molar-refractivity contribution in [3.05, 3.63) is 47.6 Å². The molecule has 0 radical (unpaired) electrons. The monoisotopic (exact) mass is 259 g/mol. The highest BCUT2D eigenvalue weighted by molar-refractivity contribution is 5.18. The van der Waals surface area contributed by atoms with Gasteiger partial charge in [0.25, 0.3) is 0 Å². The summed E-state index contributed by atoms with van der Waals surface area (Å²) in [5, 5.41) is 3.82. The Morgan fingerprint density at radius 3 is 2.89 bits per heavy atom. The third-order valence-electron chi connectivity index (χ3n) is 3.25. The summed E-state index contributed by atoms with van der Waals surface area (Å²) in [7, 11) is 0. The predicted octanol–water partition coefficient (Wildman–Crippen LogP) is 1.95. The van der Waals surface area contributed by atoms with Crippen LogP contribution in [0, 0.1) is 6.92 Å². The van der Waals surface area contributed by atoms with Crippen LogP contribution in [-0.2, 0) is 11.3 Å². The molecular weight excluding hydrogens is 242 g/mol. The van der Waals surface area contributed by atoms with Crippen LogP contribution in [0.3, 0.4) is 0 Å². The first-order valence-electron chi connectivity index (χ1n) is 6.49. The number of ether oxygens (including phenoxy) is 1. The molecule has 1 aliphatic rings. The van der Waals surface area contributed by atoms with Gasteiger partial charge in [-0.05, 0) is 12.5 Å². The Kier molecular flexibility index (Phi) is 3.57. The molecule has 0 saturated carbocycles. The van der Waals surface area contributed by atoms with Gasteiger partial charge in [0.15, 0.2) is 5.82 Å². The van der Waals surface area contributed by atoms with Crippen molar-refractivity contribution in [3.8, 4) is 0 Å². The zero-order chi connectivity index (χ0) is 13.1. The number of rotatable bonds is 3. The molecule has 1 saturated heterocycles. The Morgan fingerprint density at radius 2 is 2.16 bits per heavy atom. The third kappa shape index (κ3) is 3.00. The smallest absolute Gasteiger partial charge is 0.240 e. The minimum Gasteiger partial charge on any atom is -0.371 e. The van der Waals surface area contributed by atoms with Gasteiger partial charge in [0.05, 0.1) is 19.3 Å². The molecule has 2 heterocycles. The van der Waals surface area contributed by atoms with Gasteiger partial charge in [0.2, 0.25) is 5.89 Å². The van der Waals surface area contributed by atoms with E-state index in [1.165, 1.54) is 5.56 Å². The molecule has 1 aromatic heterocycles. The zero-order valence-electron chi connectivity index (χ0n) is 11.0. The molecule has 2 aromatic rings. The fourth-order valence-electron chi connectivity index (χ4n) is 2.31. The number of hydrogen-bond acceptors (Lipinski definition) is 5. The lowest BCUT2D eigenvalue weighted by Gasteiger charge is -2.32. The molecular formula is C14H17N3O2. The Balaban J connectivity index is 1.65. The summed E-state index contributed by atoms with van der Waals surface area (Å²) in [6.07, 6.45) is 0.124. The van der Waals surface area contributed by atoms with Crippen LogP contribution in [-0.4, -0.2) is 34.7 Å². The summed E-state index contributed by atoms with van der Waals surface area (Å²) < 4.78 is 11.0. The highest BCUT2D eigenvalue weighted by Crippen LogP contribution is 2.22. The van der Waals surface area contributed by atoms with E-state index in [0.717, 1.165) is 19.7 Å². The molecule has 1 unspecified atom stereocenters. The largest absolute Gasteiger partial charge is 0.371 e. The van der Waals surface area contributed by atoms with E-state index in [9.17, 15) is 0 Å². The van der Waals surface area contributed by atoms with Gasteiger partial charge in [-0.25, -0.2) is 0 Å². The predicted molar refractivity (Wildman–Crippen MR) is 69.4 cm³/mol. The second-order valence-electron chi connectivity index (χ2n) is 4.74. The molecule has 1 atom stereocenters. The van der Waals surface area contributed by atoms with Crippen molar-refractivity contribution >= 4 is 0 Å². The number of aryl methyl sites for hydroxylation is 1. The van der Waals surface area contributed by atoms with E-state index in [4.69, 9.17) is 9.26 Å². The Bertz CT molecular complexity index is 526. The van der Waals surface area contributed by atoms with E-state index in [2.05, 4.69) is 27.2 Å². The van der Waals surface area contributed by atoms with Crippen LogP contribution < -0.4 is 0 Å². The first kappa shape index (κ1) is 12.3. The van der Waals surface area contributed by atoms with Crippen LogP contribution in [0.2, 0.25) is 0 Å². The van der Waals surface area contributed by atoms with Crippen LogP contribution in [0.5, 0.6) is 0 Å². The number of hydrogen-bond donors (Lipinski definition) is 0. The number of nitrogens with zero attached hydrogens (tertiary/aromatic N) is 3. The highest BCUT2D eigenvalue weighted by Gasteiger charge is 2.23. The van der Waals surface area contributed by atoms with Crippen molar-refractivity contribution < 1.29 is 9.26 Å². The number of aromatic nitrogens is 2. The van der Waals surface area contributed by atoms with Gasteiger partial charge < -0.3 is 9.26 Å². The maximum absolute atomic E-state index is 5.83. The van der Waals surface area contributed by atoms with Gasteiger partial charge >= 0.3 is 0 Å². The van der Waals surface area contributed by atoms with Crippen LogP contribution in [0.25, 0.3) is 0 Å². The molecule has 0 bridgehead atoms. The molecule has 0 spiro atoms. The Hall–Kier alpha value is -1.72. The number of morpholine rings is 1. The fourth-order valence-corrected chi connectivity index (χ4v) is 2.31. The first-order valence-corrected chi connectivity index (χ1v) is 6.49. The van der Waals surface area contributed by atoms with Gasteiger partial charge in [-0.2, -0.15) is 4.98 Å². The molecule has 5 heteroatoms. The van der Waals surface area contributed by atoms with Gasteiger partial charge in [-0.15, -0.1) is 0 Å². The fraction of sp³-hybridized carbons (Fsp3) is 0.429. The molecule has 1 fully saturated rings. The van der Waals surface area contributed by atoms with Gasteiger partial charge in [-0.3, -0.25) is 4.90 Å². The van der Waals surface area contributed by atoms with Crippen molar-refractivity contribution in [2.45, 2.75) is 19.6 Å². The van der Waals surface area contributed by atoms with Crippen molar-refractivity contribution in [3.63, 3.8) is 0 Å². The Morgan fingerprint density at radius 1 is 1.32 bits per heavy atom. The van der Waals surface area contributed by atoms with E-state index in [1.54, 1.807) is 0 Å². The molecule has 19 heavy (non-hydrogen) atoms. The van der Waals surface area contributed by atoms with Crippen molar-refractivity contribution in [2.75, 3.05) is 19.7 Å². The summed E-state index contributed by atoms with van der Waals surface area (Å²) >= 11 is 0. The summed E-state index contributed by atoms with van der Waals surface area (Å²) in [4.78, 5) is 6.53. The maximum atomic E-state index is 5.83. The summed E-state index contributed by atoms with van der Waals surface area (Å²) in [5.74, 6) is 1.36. The molecule has 5 nitrogen and oxygen atoms in total. The molecule has 1 aromatic carbocycles. The molecule has 0 N–H and O–H groups in total. The molecule has 0 amide bonds. The van der Waals surface area contributed by atoms with Crippen molar-refractivity contribution in [2.24, 2.45) is 0 Å². The second-order valence-corrected chi connectivity index (χ2v) is 4.74. The zero-order valence-corrected chi connectivity index (χ0v) is 11.0. The van der Waals surface area contributed by atoms with Crippen molar-refractivity contribution in [1.29, 1.82) is 0 Å². The normalized spacial score (nSPS) is 20.6. The summed E-state index contributed by atoms with van der Waals surface area (Å²) in [6.45, 7) is 5.00. The molecule has 100 valence electrons. The van der Waals surface area contributed by atoms with Crippen LogP contribution in [0.4, 0.5) is 0 Å². The van der Waals surface area contributed by atoms with E-state index in [-0.39, 0.29) is 6.10 Å². The minimum atomic E-state index is 0.124. The van der Waals surface area contributed by atoms with Crippen LogP contribution in [0.15, 0.2) is 34.9 Å². The number of benzene rings is 1. The highest BCUT2D eigenvalue weighted by atomic mass is 16.5. The second kappa shape index (κ2) is 5.50. The Labute approximate surface area is 112 Å². The standard InChI is InChI=1S/C14H17N3O2/c1-11-15-14(19-16-11)10-17-7-8-18-13(9-17)12-5-3-2-4-6-12/h2-6,13H,7-10H2,1H3. The SMILES string of the molecule is Cc1noc(CN2CCOC(c3ccccc3)C2)n1. The maximum Gasteiger partial charge on any atom is 0.240 e. The molecule has 3 rings (SSSR count). The quantitative estimate of drug-likeness (QED) is 0.843. The minimum absolute atomic E-state index is 0.124. The summed E-state index contributed by atoms with van der Waals surface area (Å²) in [5.41, 5.74) is 1.22. The topological polar surface area (TPSA) is 51.4 Å². The van der Waals surface area contributed by atoms with Crippen LogP contribution >= 0.6 is 0 Å². The van der Waals surface area contributed by atoms with Gasteiger partial charge in [0.1, 0.15) is 0 Å². The van der Waals surface area contributed by atoms with Gasteiger partial charge in [0, 0.05) is 13.1 Å². The third-order valence-corrected chi connectivity index (χ3v) is 3.25. The molecule has 0 aliphatic carbocycles. The lowest BCUT2D eigenvalue weighted by Crippen LogP contribution is -2.37. The van der Waals surface area contributed by atoms with E-state index in [1.807, 2.05) is 25.1 Å². The van der Waals surface area contributed by atoms with Gasteiger partial charge in [-0.1, -0.05) is 35.5 Å². The first-order chi connectivity index (χ1) is 9.31.